The van der Waals surface area contributed by atoms with E-state index in [-0.39, 0.29) is 24.2 Å². The van der Waals surface area contributed by atoms with Gasteiger partial charge in [-0.2, -0.15) is 0 Å². The van der Waals surface area contributed by atoms with Crippen LogP contribution in [0.25, 0.3) is 10.8 Å². The fourth-order valence-corrected chi connectivity index (χ4v) is 4.15. The number of amides is 1. The first-order valence-corrected chi connectivity index (χ1v) is 11.6. The molecule has 3 N–H and O–H groups in total. The number of carbonyl (C=O) groups is 1. The summed E-state index contributed by atoms with van der Waals surface area (Å²) in [5.41, 5.74) is 8.24. The number of fused-ring (bicyclic) bond motifs is 1. The third-order valence-electron chi connectivity index (χ3n) is 5.79. The van der Waals surface area contributed by atoms with Crippen LogP contribution in [-0.4, -0.2) is 42.2 Å². The second-order valence-electron chi connectivity index (χ2n) is 8.14. The highest BCUT2D eigenvalue weighted by Crippen LogP contribution is 2.30. The van der Waals surface area contributed by atoms with Crippen LogP contribution in [-0.2, 0) is 11.3 Å². The van der Waals surface area contributed by atoms with Crippen LogP contribution >= 0.6 is 11.6 Å². The zero-order valence-electron chi connectivity index (χ0n) is 18.9. The SMILES string of the molecule is C.Nc1nccc2cc(CNC(=O)c3cnc(Oc4cccc(N5CCOCC5)c4)c(Cl)c3)ccc12. The van der Waals surface area contributed by atoms with Gasteiger partial charge in [-0.1, -0.05) is 37.2 Å². The molecule has 186 valence electrons. The predicted molar refractivity (Wildman–Crippen MR) is 143 cm³/mol. The maximum atomic E-state index is 12.7. The van der Waals surface area contributed by atoms with Crippen LogP contribution in [0.1, 0.15) is 23.3 Å². The number of aromatic nitrogens is 2. The molecule has 0 spiro atoms. The average Bonchev–Trinajstić information content (AvgIpc) is 2.89. The summed E-state index contributed by atoms with van der Waals surface area (Å²) in [6.07, 6.45) is 3.12. The lowest BCUT2D eigenvalue weighted by Crippen LogP contribution is -2.36. The van der Waals surface area contributed by atoms with Crippen molar-refractivity contribution < 1.29 is 14.3 Å². The molecule has 1 aliphatic heterocycles. The van der Waals surface area contributed by atoms with Gasteiger partial charge in [0.15, 0.2) is 0 Å². The average molecular weight is 506 g/mol. The molecular weight excluding hydrogens is 478 g/mol. The minimum atomic E-state index is -0.283. The molecule has 0 aliphatic carbocycles. The highest BCUT2D eigenvalue weighted by Gasteiger charge is 2.14. The smallest absolute Gasteiger partial charge is 0.253 e. The zero-order valence-corrected chi connectivity index (χ0v) is 19.7. The summed E-state index contributed by atoms with van der Waals surface area (Å²) in [5, 5.41) is 4.99. The topological polar surface area (TPSA) is 103 Å². The zero-order chi connectivity index (χ0) is 24.2. The molecule has 36 heavy (non-hydrogen) atoms. The first kappa shape index (κ1) is 25.2. The molecule has 1 fully saturated rings. The number of halogens is 1. The lowest BCUT2D eigenvalue weighted by Gasteiger charge is -2.29. The number of carbonyl (C=O) groups excluding carboxylic acids is 1. The number of nitrogens with one attached hydrogen (secondary N) is 1. The molecule has 0 atom stereocenters. The van der Waals surface area contributed by atoms with Crippen molar-refractivity contribution in [1.29, 1.82) is 0 Å². The Morgan fingerprint density at radius 2 is 1.94 bits per heavy atom. The predicted octanol–water partition coefficient (Wildman–Crippen LogP) is 5.06. The molecule has 1 amide bonds. The number of anilines is 2. The van der Waals surface area contributed by atoms with Crippen LogP contribution in [0.3, 0.4) is 0 Å². The van der Waals surface area contributed by atoms with Gasteiger partial charge in [0.05, 0.1) is 18.8 Å². The van der Waals surface area contributed by atoms with Gasteiger partial charge >= 0.3 is 0 Å². The Labute approximate surface area is 215 Å². The third-order valence-corrected chi connectivity index (χ3v) is 6.06. The first-order valence-electron chi connectivity index (χ1n) is 11.2. The normalized spacial score (nSPS) is 13.2. The van der Waals surface area contributed by atoms with Gasteiger partial charge in [0.1, 0.15) is 16.6 Å². The number of nitrogens with zero attached hydrogens (tertiary/aromatic N) is 3. The highest BCUT2D eigenvalue weighted by molar-refractivity contribution is 6.32. The maximum absolute atomic E-state index is 12.7. The molecule has 1 saturated heterocycles. The molecule has 4 aromatic rings. The Bertz CT molecular complexity index is 1370. The van der Waals surface area contributed by atoms with Gasteiger partial charge in [-0.15, -0.1) is 0 Å². The Balaban J connectivity index is 0.00000304. The van der Waals surface area contributed by atoms with E-state index >= 15 is 0 Å². The highest BCUT2D eigenvalue weighted by atomic mass is 35.5. The standard InChI is InChI=1S/C26H24ClN5O3.CH4/c27-23-13-19(25(33)30-15-17-4-5-22-18(12-17)6-7-29-24(22)28)16-31-26(23)35-21-3-1-2-20(14-21)32-8-10-34-11-9-32;/h1-7,12-14,16H,8-11,15H2,(H2,28,29)(H,30,33);1H4. The fraction of sp³-hybridized carbons (Fsp3) is 0.222. The van der Waals surface area contributed by atoms with Crippen LogP contribution < -0.4 is 20.7 Å². The molecule has 9 heteroatoms. The number of benzene rings is 2. The summed E-state index contributed by atoms with van der Waals surface area (Å²) in [7, 11) is 0. The van der Waals surface area contributed by atoms with Gasteiger partial charge in [0, 0.05) is 49.2 Å². The van der Waals surface area contributed by atoms with Crippen molar-refractivity contribution in [2.75, 3.05) is 36.9 Å². The number of hydrogen-bond acceptors (Lipinski definition) is 7. The van der Waals surface area contributed by atoms with Gasteiger partial charge in [0.2, 0.25) is 5.88 Å². The minimum Gasteiger partial charge on any atom is -0.437 e. The van der Waals surface area contributed by atoms with Crippen molar-refractivity contribution in [1.82, 2.24) is 15.3 Å². The van der Waals surface area contributed by atoms with Gasteiger partial charge < -0.3 is 25.4 Å². The van der Waals surface area contributed by atoms with E-state index in [1.807, 2.05) is 48.5 Å². The first-order chi connectivity index (χ1) is 17.1. The molecule has 0 saturated carbocycles. The summed E-state index contributed by atoms with van der Waals surface area (Å²) in [4.78, 5) is 23.3. The second-order valence-corrected chi connectivity index (χ2v) is 8.55. The molecule has 2 aromatic heterocycles. The van der Waals surface area contributed by atoms with Crippen molar-refractivity contribution in [2.45, 2.75) is 14.0 Å². The summed E-state index contributed by atoms with van der Waals surface area (Å²) >= 11 is 6.40. The molecule has 2 aromatic carbocycles. The lowest BCUT2D eigenvalue weighted by atomic mass is 10.1. The summed E-state index contributed by atoms with van der Waals surface area (Å²) < 4.78 is 11.3. The molecule has 0 bridgehead atoms. The van der Waals surface area contributed by atoms with Gasteiger partial charge in [0.25, 0.3) is 5.91 Å². The number of rotatable bonds is 6. The van der Waals surface area contributed by atoms with Crippen molar-refractivity contribution in [3.05, 3.63) is 83.1 Å². The molecule has 0 unspecified atom stereocenters. The monoisotopic (exact) mass is 505 g/mol. The number of nitrogens with two attached hydrogens (primary N) is 1. The van der Waals surface area contributed by atoms with E-state index in [4.69, 9.17) is 26.8 Å². The minimum absolute atomic E-state index is 0. The van der Waals surface area contributed by atoms with Gasteiger partial charge in [-0.3, -0.25) is 4.79 Å². The quantitative estimate of drug-likeness (QED) is 0.377. The number of ether oxygens (including phenoxy) is 2. The van der Waals surface area contributed by atoms with E-state index in [1.54, 1.807) is 12.3 Å². The third kappa shape index (κ3) is 5.67. The number of nitrogen functional groups attached to an aromatic ring is 1. The molecule has 1 aliphatic rings. The van der Waals surface area contributed by atoms with Gasteiger partial charge in [-0.25, -0.2) is 9.97 Å². The van der Waals surface area contributed by atoms with E-state index in [9.17, 15) is 4.79 Å². The van der Waals surface area contributed by atoms with Crippen LogP contribution in [0.15, 0.2) is 67.0 Å². The van der Waals surface area contributed by atoms with Crippen molar-refractivity contribution in [3.8, 4) is 11.6 Å². The van der Waals surface area contributed by atoms with E-state index in [2.05, 4.69) is 20.2 Å². The fourth-order valence-electron chi connectivity index (χ4n) is 3.95. The summed E-state index contributed by atoms with van der Waals surface area (Å²) in [6, 6.07) is 17.0. The van der Waals surface area contributed by atoms with E-state index < -0.39 is 0 Å². The molecule has 5 rings (SSSR count). The van der Waals surface area contributed by atoms with Crippen molar-refractivity contribution >= 4 is 39.8 Å². The van der Waals surface area contributed by atoms with E-state index in [0.29, 0.717) is 36.9 Å². The maximum Gasteiger partial charge on any atom is 0.253 e. The van der Waals surface area contributed by atoms with Crippen LogP contribution in [0.2, 0.25) is 5.02 Å². The molecule has 3 heterocycles. The van der Waals surface area contributed by atoms with Crippen molar-refractivity contribution in [3.63, 3.8) is 0 Å². The summed E-state index contributed by atoms with van der Waals surface area (Å²) in [5.74, 6) is 1.05. The number of morpholine rings is 1. The van der Waals surface area contributed by atoms with Crippen molar-refractivity contribution in [2.24, 2.45) is 0 Å². The molecular formula is C27H28ClN5O3. The Hall–Kier alpha value is -3.88. The lowest BCUT2D eigenvalue weighted by molar-refractivity contribution is 0.0950. The van der Waals surface area contributed by atoms with Crippen LogP contribution in [0.4, 0.5) is 11.5 Å². The Morgan fingerprint density at radius 3 is 2.75 bits per heavy atom. The number of hydrogen-bond donors (Lipinski definition) is 2. The second kappa shape index (κ2) is 11.2. The number of pyridine rings is 2. The Morgan fingerprint density at radius 1 is 1.11 bits per heavy atom. The van der Waals surface area contributed by atoms with Crippen LogP contribution in [0, 0.1) is 0 Å². The summed E-state index contributed by atoms with van der Waals surface area (Å²) in [6.45, 7) is 3.42. The van der Waals surface area contributed by atoms with E-state index in [0.717, 1.165) is 35.1 Å². The van der Waals surface area contributed by atoms with E-state index in [1.165, 1.54) is 6.20 Å². The molecule has 0 radical (unpaired) electrons. The molecule has 8 nitrogen and oxygen atoms in total. The Kier molecular flexibility index (Phi) is 7.87. The largest absolute Gasteiger partial charge is 0.437 e. The van der Waals surface area contributed by atoms with Gasteiger partial charge in [-0.05, 0) is 41.3 Å². The van der Waals surface area contributed by atoms with Crippen LogP contribution in [0.5, 0.6) is 11.6 Å².